The predicted molar refractivity (Wildman–Crippen MR) is 81.6 cm³/mol. The fourth-order valence-corrected chi connectivity index (χ4v) is 2.31. The van der Waals surface area contributed by atoms with Crippen molar-refractivity contribution in [3.63, 3.8) is 0 Å². The molecular formula is C15H32N2O3. The quantitative estimate of drug-likeness (QED) is 0.700. The first-order valence-corrected chi connectivity index (χ1v) is 7.24. The number of methoxy groups -OCH3 is 2. The molecule has 0 heterocycles. The molecule has 0 aliphatic heterocycles. The molecule has 1 amide bonds. The van der Waals surface area contributed by atoms with Gasteiger partial charge in [-0.15, -0.1) is 0 Å². The summed E-state index contributed by atoms with van der Waals surface area (Å²) < 4.78 is 10.2. The number of nitrogens with two attached hydrogens (primary N) is 1. The summed E-state index contributed by atoms with van der Waals surface area (Å²) in [5, 5.41) is 0. The number of carbonyl (C=O) groups is 1. The van der Waals surface area contributed by atoms with Gasteiger partial charge in [-0.2, -0.15) is 0 Å². The van der Waals surface area contributed by atoms with E-state index in [1.807, 2.05) is 6.92 Å². The van der Waals surface area contributed by atoms with E-state index in [-0.39, 0.29) is 23.4 Å². The summed E-state index contributed by atoms with van der Waals surface area (Å²) in [6.07, 6.45) is 1.20. The standard InChI is InChI=1S/C15H32N2O3/c1-12(11-20-6)17(7-8-19-5)14(18)9-13(16)10-15(2,3)4/h12-13H,7-11,16H2,1-6H3. The van der Waals surface area contributed by atoms with Gasteiger partial charge in [0.25, 0.3) is 0 Å². The highest BCUT2D eigenvalue weighted by Gasteiger charge is 2.24. The van der Waals surface area contributed by atoms with Crippen LogP contribution in [-0.4, -0.2) is 56.9 Å². The number of carbonyl (C=O) groups excluding carboxylic acids is 1. The Balaban J connectivity index is 4.53. The van der Waals surface area contributed by atoms with E-state index in [9.17, 15) is 4.79 Å². The summed E-state index contributed by atoms with van der Waals surface area (Å²) in [4.78, 5) is 14.2. The van der Waals surface area contributed by atoms with Crippen LogP contribution in [0.15, 0.2) is 0 Å². The Morgan fingerprint density at radius 3 is 2.30 bits per heavy atom. The Kier molecular flexibility index (Phi) is 9.01. The average molecular weight is 288 g/mol. The van der Waals surface area contributed by atoms with Crippen molar-refractivity contribution in [2.45, 2.75) is 52.6 Å². The third kappa shape index (κ3) is 8.51. The molecule has 0 saturated heterocycles. The Labute approximate surface area is 123 Å². The molecule has 0 aromatic heterocycles. The van der Waals surface area contributed by atoms with Gasteiger partial charge < -0.3 is 20.1 Å². The molecular weight excluding hydrogens is 256 g/mol. The van der Waals surface area contributed by atoms with Crippen LogP contribution in [0.25, 0.3) is 0 Å². The Hall–Kier alpha value is -0.650. The normalized spacial score (nSPS) is 14.9. The lowest BCUT2D eigenvalue weighted by Crippen LogP contribution is -2.45. The molecule has 0 saturated carbocycles. The number of ether oxygens (including phenoxy) is 2. The lowest BCUT2D eigenvalue weighted by Gasteiger charge is -2.30. The van der Waals surface area contributed by atoms with Crippen LogP contribution in [0.5, 0.6) is 0 Å². The molecule has 0 rings (SSSR count). The number of amides is 1. The molecule has 5 nitrogen and oxygen atoms in total. The maximum Gasteiger partial charge on any atom is 0.224 e. The van der Waals surface area contributed by atoms with Crippen molar-refractivity contribution in [1.29, 1.82) is 0 Å². The van der Waals surface area contributed by atoms with Gasteiger partial charge in [-0.25, -0.2) is 0 Å². The van der Waals surface area contributed by atoms with Crippen LogP contribution in [0.1, 0.15) is 40.5 Å². The van der Waals surface area contributed by atoms with Gasteiger partial charge in [0, 0.05) is 33.2 Å². The maximum absolute atomic E-state index is 12.4. The van der Waals surface area contributed by atoms with Crippen LogP contribution in [0.2, 0.25) is 0 Å². The van der Waals surface area contributed by atoms with Crippen molar-refractivity contribution < 1.29 is 14.3 Å². The second kappa shape index (κ2) is 9.32. The average Bonchev–Trinajstić information content (AvgIpc) is 2.26. The monoisotopic (exact) mass is 288 g/mol. The highest BCUT2D eigenvalue weighted by Crippen LogP contribution is 2.21. The minimum absolute atomic E-state index is 0.0319. The summed E-state index contributed by atoms with van der Waals surface area (Å²) >= 11 is 0. The predicted octanol–water partition coefficient (Wildman–Crippen LogP) is 1.65. The van der Waals surface area contributed by atoms with Crippen LogP contribution in [0, 0.1) is 5.41 Å². The highest BCUT2D eigenvalue weighted by molar-refractivity contribution is 5.77. The number of hydrogen-bond donors (Lipinski definition) is 1. The lowest BCUT2D eigenvalue weighted by molar-refractivity contribution is -0.135. The Bertz CT molecular complexity index is 277. The van der Waals surface area contributed by atoms with Crippen molar-refractivity contribution in [2.24, 2.45) is 11.1 Å². The summed E-state index contributed by atoms with van der Waals surface area (Å²) in [6, 6.07) is -0.0771. The zero-order valence-electron chi connectivity index (χ0n) is 13.9. The van der Waals surface area contributed by atoms with E-state index in [0.29, 0.717) is 26.2 Å². The molecule has 20 heavy (non-hydrogen) atoms. The van der Waals surface area contributed by atoms with E-state index in [1.165, 1.54) is 0 Å². The van der Waals surface area contributed by atoms with E-state index in [0.717, 1.165) is 6.42 Å². The summed E-state index contributed by atoms with van der Waals surface area (Å²) in [6.45, 7) is 9.99. The van der Waals surface area contributed by atoms with E-state index < -0.39 is 0 Å². The smallest absolute Gasteiger partial charge is 0.224 e. The van der Waals surface area contributed by atoms with Crippen LogP contribution in [-0.2, 0) is 14.3 Å². The first kappa shape index (κ1) is 19.4. The number of nitrogens with zero attached hydrogens (tertiary/aromatic N) is 1. The molecule has 0 fully saturated rings. The zero-order chi connectivity index (χ0) is 15.8. The third-order valence-electron chi connectivity index (χ3n) is 3.11. The third-order valence-corrected chi connectivity index (χ3v) is 3.11. The van der Waals surface area contributed by atoms with E-state index in [1.54, 1.807) is 19.1 Å². The lowest BCUT2D eigenvalue weighted by atomic mass is 9.87. The van der Waals surface area contributed by atoms with Crippen molar-refractivity contribution in [3.05, 3.63) is 0 Å². The van der Waals surface area contributed by atoms with Gasteiger partial charge in [-0.1, -0.05) is 20.8 Å². The molecule has 0 aliphatic carbocycles. The van der Waals surface area contributed by atoms with Gasteiger partial charge in [0.1, 0.15) is 0 Å². The first-order chi connectivity index (χ1) is 9.21. The van der Waals surface area contributed by atoms with Gasteiger partial charge in [-0.3, -0.25) is 4.79 Å². The van der Waals surface area contributed by atoms with Crippen LogP contribution in [0.4, 0.5) is 0 Å². The minimum Gasteiger partial charge on any atom is -0.383 e. The molecule has 120 valence electrons. The largest absolute Gasteiger partial charge is 0.383 e. The van der Waals surface area contributed by atoms with Gasteiger partial charge in [0.2, 0.25) is 5.91 Å². The van der Waals surface area contributed by atoms with Crippen molar-refractivity contribution in [2.75, 3.05) is 34.0 Å². The summed E-state index contributed by atoms with van der Waals surface area (Å²) in [7, 11) is 3.27. The van der Waals surface area contributed by atoms with Crippen LogP contribution in [0.3, 0.4) is 0 Å². The first-order valence-electron chi connectivity index (χ1n) is 7.24. The fraction of sp³-hybridized carbons (Fsp3) is 0.933. The summed E-state index contributed by atoms with van der Waals surface area (Å²) in [5.41, 5.74) is 6.23. The van der Waals surface area contributed by atoms with Gasteiger partial charge in [0.15, 0.2) is 0 Å². The maximum atomic E-state index is 12.4. The van der Waals surface area contributed by atoms with E-state index in [2.05, 4.69) is 20.8 Å². The summed E-state index contributed by atoms with van der Waals surface area (Å²) in [5.74, 6) is 0.0725. The van der Waals surface area contributed by atoms with Gasteiger partial charge in [0.05, 0.1) is 19.3 Å². The van der Waals surface area contributed by atoms with E-state index >= 15 is 0 Å². The molecule has 2 unspecified atom stereocenters. The zero-order valence-corrected chi connectivity index (χ0v) is 13.9. The van der Waals surface area contributed by atoms with Crippen molar-refractivity contribution in [1.82, 2.24) is 4.90 Å². The van der Waals surface area contributed by atoms with Gasteiger partial charge >= 0.3 is 0 Å². The van der Waals surface area contributed by atoms with Crippen molar-refractivity contribution >= 4 is 5.91 Å². The second-order valence-electron chi connectivity index (χ2n) is 6.61. The Morgan fingerprint density at radius 1 is 1.25 bits per heavy atom. The molecule has 0 radical (unpaired) electrons. The van der Waals surface area contributed by atoms with E-state index in [4.69, 9.17) is 15.2 Å². The SMILES string of the molecule is COCCN(C(=O)CC(N)CC(C)(C)C)C(C)COC. The fourth-order valence-electron chi connectivity index (χ4n) is 2.31. The van der Waals surface area contributed by atoms with Crippen LogP contribution >= 0.6 is 0 Å². The second-order valence-corrected chi connectivity index (χ2v) is 6.61. The molecule has 0 aromatic carbocycles. The molecule has 5 heteroatoms. The number of hydrogen-bond acceptors (Lipinski definition) is 4. The van der Waals surface area contributed by atoms with Crippen LogP contribution < -0.4 is 5.73 Å². The molecule has 2 N–H and O–H groups in total. The molecule has 0 spiro atoms. The molecule has 0 bridgehead atoms. The number of rotatable bonds is 9. The topological polar surface area (TPSA) is 64.8 Å². The minimum atomic E-state index is -0.109. The van der Waals surface area contributed by atoms with Crippen molar-refractivity contribution in [3.8, 4) is 0 Å². The molecule has 2 atom stereocenters. The molecule has 0 aliphatic rings. The highest BCUT2D eigenvalue weighted by atomic mass is 16.5. The van der Waals surface area contributed by atoms with Gasteiger partial charge in [-0.05, 0) is 18.8 Å². The Morgan fingerprint density at radius 2 is 1.85 bits per heavy atom. The molecule has 0 aromatic rings.